The lowest BCUT2D eigenvalue weighted by Crippen LogP contribution is -2.44. The second-order valence-electron chi connectivity index (χ2n) is 4.89. The van der Waals surface area contributed by atoms with Gasteiger partial charge in [-0.2, -0.15) is 5.01 Å². The van der Waals surface area contributed by atoms with Gasteiger partial charge >= 0.3 is 5.24 Å². The van der Waals surface area contributed by atoms with Gasteiger partial charge in [-0.05, 0) is 35.5 Å². The van der Waals surface area contributed by atoms with Crippen LogP contribution in [0.1, 0.15) is 15.9 Å². The van der Waals surface area contributed by atoms with Crippen molar-refractivity contribution in [3.05, 3.63) is 70.6 Å². The Morgan fingerprint density at radius 2 is 1.71 bits per heavy atom. The first-order chi connectivity index (χ1) is 11.6. The van der Waals surface area contributed by atoms with Crippen molar-refractivity contribution in [1.82, 2.24) is 10.4 Å². The highest BCUT2D eigenvalue weighted by Crippen LogP contribution is 2.31. The molecule has 1 fully saturated rings. The van der Waals surface area contributed by atoms with Crippen molar-refractivity contribution in [1.29, 1.82) is 0 Å². The third-order valence-electron chi connectivity index (χ3n) is 3.25. The number of imide groups is 1. The van der Waals surface area contributed by atoms with Crippen molar-refractivity contribution < 1.29 is 19.5 Å². The molecule has 2 N–H and O–H groups in total. The van der Waals surface area contributed by atoms with Crippen molar-refractivity contribution in [2.24, 2.45) is 0 Å². The Balaban J connectivity index is 1.79. The Hall–Kier alpha value is -3.06. The van der Waals surface area contributed by atoms with E-state index in [0.717, 1.165) is 17.3 Å². The van der Waals surface area contributed by atoms with Crippen LogP contribution in [0.15, 0.2) is 59.5 Å². The highest BCUT2D eigenvalue weighted by Gasteiger charge is 2.37. The Morgan fingerprint density at radius 1 is 1.04 bits per heavy atom. The average Bonchev–Trinajstić information content (AvgIpc) is 2.83. The molecule has 24 heavy (non-hydrogen) atoms. The third kappa shape index (κ3) is 3.16. The molecule has 0 bridgehead atoms. The van der Waals surface area contributed by atoms with Gasteiger partial charge in [0.15, 0.2) is 0 Å². The lowest BCUT2D eigenvalue weighted by atomic mass is 10.2. The van der Waals surface area contributed by atoms with Crippen LogP contribution in [0.3, 0.4) is 0 Å². The van der Waals surface area contributed by atoms with E-state index in [2.05, 4.69) is 5.43 Å². The molecule has 3 rings (SSSR count). The number of hydrogen-bond acceptors (Lipinski definition) is 5. The first kappa shape index (κ1) is 15.8. The zero-order valence-corrected chi connectivity index (χ0v) is 13.1. The zero-order chi connectivity index (χ0) is 17.1. The molecule has 7 heteroatoms. The van der Waals surface area contributed by atoms with Crippen LogP contribution in [0.25, 0.3) is 6.08 Å². The molecule has 0 aromatic heterocycles. The number of hydrazine groups is 1. The summed E-state index contributed by atoms with van der Waals surface area (Å²) in [6.07, 6.45) is 1.58. The molecule has 0 saturated carbocycles. The summed E-state index contributed by atoms with van der Waals surface area (Å²) in [7, 11) is 0. The monoisotopic (exact) mass is 340 g/mol. The number of phenolic OH excluding ortho intramolecular Hbond substituents is 1. The summed E-state index contributed by atoms with van der Waals surface area (Å²) < 4.78 is 0. The second kappa shape index (κ2) is 6.59. The Bertz CT molecular complexity index is 849. The number of rotatable bonds is 3. The van der Waals surface area contributed by atoms with Gasteiger partial charge in [0.2, 0.25) is 0 Å². The number of para-hydroxylation sites is 1. The van der Waals surface area contributed by atoms with Crippen LogP contribution in [0.5, 0.6) is 5.75 Å². The van der Waals surface area contributed by atoms with E-state index in [1.807, 2.05) is 18.2 Å². The predicted molar refractivity (Wildman–Crippen MR) is 89.8 cm³/mol. The van der Waals surface area contributed by atoms with Crippen molar-refractivity contribution in [2.45, 2.75) is 0 Å². The van der Waals surface area contributed by atoms with Crippen LogP contribution in [0, 0.1) is 0 Å². The van der Waals surface area contributed by atoms with Gasteiger partial charge in [-0.3, -0.25) is 19.8 Å². The minimum atomic E-state index is -0.739. The van der Waals surface area contributed by atoms with E-state index in [1.54, 1.807) is 30.3 Å². The molecule has 2 aromatic rings. The van der Waals surface area contributed by atoms with Crippen LogP contribution in [0.4, 0.5) is 4.79 Å². The molecule has 1 heterocycles. The number of amides is 3. The molecule has 1 aliphatic rings. The van der Waals surface area contributed by atoms with Gasteiger partial charge in [0.1, 0.15) is 5.75 Å². The van der Waals surface area contributed by atoms with Gasteiger partial charge in [-0.25, -0.2) is 0 Å². The molecular formula is C17H12N2O4S. The van der Waals surface area contributed by atoms with E-state index in [4.69, 9.17) is 0 Å². The molecular weight excluding hydrogens is 328 g/mol. The van der Waals surface area contributed by atoms with E-state index < -0.39 is 17.1 Å². The van der Waals surface area contributed by atoms with Gasteiger partial charge in [-0.15, -0.1) is 0 Å². The fourth-order valence-corrected chi connectivity index (χ4v) is 2.87. The minimum Gasteiger partial charge on any atom is -0.507 e. The van der Waals surface area contributed by atoms with Crippen LogP contribution in [-0.4, -0.2) is 27.2 Å². The molecule has 0 aliphatic carbocycles. The highest BCUT2D eigenvalue weighted by molar-refractivity contribution is 8.18. The molecule has 0 radical (unpaired) electrons. The van der Waals surface area contributed by atoms with Gasteiger partial charge in [0, 0.05) is 0 Å². The number of nitrogens with one attached hydrogen (secondary N) is 1. The summed E-state index contributed by atoms with van der Waals surface area (Å²) >= 11 is 0.739. The molecule has 0 unspecified atom stereocenters. The maximum atomic E-state index is 12.3. The van der Waals surface area contributed by atoms with Gasteiger partial charge in [0.25, 0.3) is 11.8 Å². The van der Waals surface area contributed by atoms with Crippen LogP contribution < -0.4 is 5.43 Å². The third-order valence-corrected chi connectivity index (χ3v) is 4.12. The molecule has 1 aliphatic heterocycles. The first-order valence-corrected chi connectivity index (χ1v) is 7.80. The summed E-state index contributed by atoms with van der Waals surface area (Å²) in [4.78, 5) is 36.6. The molecule has 0 spiro atoms. The SMILES string of the molecule is O=C(NN1C(=O)S/C(=C\c2ccccc2)C1=O)c1ccccc1O. The molecule has 1 saturated heterocycles. The highest BCUT2D eigenvalue weighted by atomic mass is 32.2. The van der Waals surface area contributed by atoms with E-state index in [-0.39, 0.29) is 16.2 Å². The van der Waals surface area contributed by atoms with Gasteiger partial charge < -0.3 is 5.11 Å². The lowest BCUT2D eigenvalue weighted by Gasteiger charge is -2.14. The second-order valence-corrected chi connectivity index (χ2v) is 5.88. The quantitative estimate of drug-likeness (QED) is 0.839. The number of phenols is 1. The Morgan fingerprint density at radius 3 is 2.42 bits per heavy atom. The molecule has 3 amide bonds. The van der Waals surface area contributed by atoms with E-state index in [0.29, 0.717) is 5.01 Å². The van der Waals surface area contributed by atoms with Crippen LogP contribution in [-0.2, 0) is 4.79 Å². The largest absolute Gasteiger partial charge is 0.507 e. The van der Waals surface area contributed by atoms with Gasteiger partial charge in [0.05, 0.1) is 10.5 Å². The number of carbonyl (C=O) groups excluding carboxylic acids is 3. The summed E-state index contributed by atoms with van der Waals surface area (Å²) in [5.74, 6) is -1.59. The molecule has 6 nitrogen and oxygen atoms in total. The number of benzene rings is 2. The van der Waals surface area contributed by atoms with Crippen LogP contribution >= 0.6 is 11.8 Å². The summed E-state index contributed by atoms with van der Waals surface area (Å²) in [6, 6.07) is 14.9. The topological polar surface area (TPSA) is 86.7 Å². The molecule has 120 valence electrons. The molecule has 0 atom stereocenters. The fourth-order valence-electron chi connectivity index (χ4n) is 2.09. The average molecular weight is 340 g/mol. The van der Waals surface area contributed by atoms with Crippen molar-refractivity contribution >= 4 is 34.9 Å². The van der Waals surface area contributed by atoms with E-state index in [1.165, 1.54) is 12.1 Å². The number of aromatic hydroxyl groups is 1. The zero-order valence-electron chi connectivity index (χ0n) is 12.3. The maximum Gasteiger partial charge on any atom is 0.312 e. The smallest absolute Gasteiger partial charge is 0.312 e. The van der Waals surface area contributed by atoms with Crippen molar-refractivity contribution in [3.8, 4) is 5.75 Å². The number of carbonyl (C=O) groups is 3. The minimum absolute atomic E-state index is 0.0245. The maximum absolute atomic E-state index is 12.3. The van der Waals surface area contributed by atoms with Gasteiger partial charge in [-0.1, -0.05) is 42.5 Å². The summed E-state index contributed by atoms with van der Waals surface area (Å²) in [6.45, 7) is 0. The van der Waals surface area contributed by atoms with Crippen molar-refractivity contribution in [2.75, 3.05) is 0 Å². The standard InChI is InChI=1S/C17H12N2O4S/c20-13-9-5-4-8-12(13)15(21)18-19-16(22)14(24-17(19)23)10-11-6-2-1-3-7-11/h1-10,20H,(H,18,21)/b14-10-. The van der Waals surface area contributed by atoms with E-state index >= 15 is 0 Å². The lowest BCUT2D eigenvalue weighted by molar-refractivity contribution is -0.124. The Kier molecular flexibility index (Phi) is 4.35. The normalized spacial score (nSPS) is 15.8. The van der Waals surface area contributed by atoms with E-state index in [9.17, 15) is 19.5 Å². The number of nitrogens with zero attached hydrogens (tertiary/aromatic N) is 1. The van der Waals surface area contributed by atoms with Crippen LogP contribution in [0.2, 0.25) is 0 Å². The van der Waals surface area contributed by atoms with Crippen molar-refractivity contribution in [3.63, 3.8) is 0 Å². The summed E-state index contributed by atoms with van der Waals surface area (Å²) in [5, 5.41) is 9.71. The summed E-state index contributed by atoms with van der Waals surface area (Å²) in [5.41, 5.74) is 2.97. The molecule has 2 aromatic carbocycles. The first-order valence-electron chi connectivity index (χ1n) is 6.98. The number of hydrogen-bond donors (Lipinski definition) is 2. The fraction of sp³-hybridized carbons (Fsp3) is 0. The predicted octanol–water partition coefficient (Wildman–Crippen LogP) is 2.77. The number of thioether (sulfide) groups is 1. The Labute approximate surface area is 141 Å².